The van der Waals surface area contributed by atoms with Gasteiger partial charge in [0.15, 0.2) is 0 Å². The van der Waals surface area contributed by atoms with E-state index in [4.69, 9.17) is 0 Å². The average molecular weight is 240 g/mol. The van der Waals surface area contributed by atoms with E-state index in [1.54, 1.807) is 4.90 Å². The van der Waals surface area contributed by atoms with E-state index in [1.807, 2.05) is 0 Å². The molecule has 94 valence electrons. The van der Waals surface area contributed by atoms with Crippen molar-refractivity contribution >= 4 is 18.3 Å². The second-order valence-corrected chi connectivity index (χ2v) is 4.45. The van der Waals surface area contributed by atoms with Gasteiger partial charge in [-0.3, -0.25) is 4.79 Å². The van der Waals surface area contributed by atoms with Crippen LogP contribution >= 0.6 is 0 Å². The van der Waals surface area contributed by atoms with Crippen molar-refractivity contribution in [3.8, 4) is 0 Å². The first kappa shape index (κ1) is 11.9. The van der Waals surface area contributed by atoms with E-state index < -0.39 is 12.1 Å². The molecule has 0 aromatic carbocycles. The zero-order valence-electron chi connectivity index (χ0n) is 9.72. The van der Waals surface area contributed by atoms with Crippen molar-refractivity contribution in [2.45, 2.75) is 43.8 Å². The largest absolute Gasteiger partial charge is 0.453 e. The molecule has 0 aromatic rings. The Kier molecular flexibility index (Phi) is 3.31. The lowest BCUT2D eigenvalue weighted by molar-refractivity contribution is -0.141. The van der Waals surface area contributed by atoms with Crippen molar-refractivity contribution in [1.82, 2.24) is 10.2 Å². The molecule has 0 radical (unpaired) electrons. The zero-order valence-corrected chi connectivity index (χ0v) is 9.72. The lowest BCUT2D eigenvalue weighted by atomic mass is 9.98. The fourth-order valence-electron chi connectivity index (χ4n) is 2.67. The average Bonchev–Trinajstić information content (AvgIpc) is 2.76. The van der Waals surface area contributed by atoms with Gasteiger partial charge in [-0.15, -0.1) is 0 Å². The van der Waals surface area contributed by atoms with Crippen LogP contribution in [-0.4, -0.2) is 48.4 Å². The number of carbonyl (C=O) groups is 3. The highest BCUT2D eigenvalue weighted by Crippen LogP contribution is 2.31. The third kappa shape index (κ3) is 2.11. The van der Waals surface area contributed by atoms with Crippen LogP contribution in [0.15, 0.2) is 0 Å². The number of nitrogens with one attached hydrogen (secondary N) is 1. The van der Waals surface area contributed by atoms with Crippen LogP contribution < -0.4 is 5.32 Å². The molecule has 0 aromatic heterocycles. The number of fused-ring (bicyclic) bond motifs is 1. The molecule has 2 saturated heterocycles. The van der Waals surface area contributed by atoms with Crippen LogP contribution in [-0.2, 0) is 14.3 Å². The van der Waals surface area contributed by atoms with Gasteiger partial charge in [0.25, 0.3) is 0 Å². The predicted molar refractivity (Wildman–Crippen MR) is 58.3 cm³/mol. The number of alkyl carbamates (subject to hydrolysis) is 1. The summed E-state index contributed by atoms with van der Waals surface area (Å²) in [5.41, 5.74) is 0. The third-order valence-corrected chi connectivity index (χ3v) is 3.52. The first-order chi connectivity index (χ1) is 8.17. The first-order valence-electron chi connectivity index (χ1n) is 5.79. The van der Waals surface area contributed by atoms with Crippen LogP contribution in [0.2, 0.25) is 0 Å². The Balaban J connectivity index is 2.06. The van der Waals surface area contributed by atoms with Gasteiger partial charge in [0, 0.05) is 6.04 Å². The summed E-state index contributed by atoms with van der Waals surface area (Å²) in [6.45, 7) is 0. The molecule has 3 atom stereocenters. The van der Waals surface area contributed by atoms with Crippen molar-refractivity contribution < 1.29 is 19.1 Å². The van der Waals surface area contributed by atoms with Crippen molar-refractivity contribution in [1.29, 1.82) is 0 Å². The Hall–Kier alpha value is -1.59. The molecule has 0 unspecified atom stereocenters. The Morgan fingerprint density at radius 1 is 1.41 bits per heavy atom. The first-order valence-corrected chi connectivity index (χ1v) is 5.79. The van der Waals surface area contributed by atoms with E-state index in [1.165, 1.54) is 7.11 Å². The van der Waals surface area contributed by atoms with Gasteiger partial charge in [0.05, 0.1) is 13.2 Å². The molecule has 6 nitrogen and oxygen atoms in total. The van der Waals surface area contributed by atoms with Gasteiger partial charge in [-0.1, -0.05) is 0 Å². The van der Waals surface area contributed by atoms with E-state index in [2.05, 4.69) is 10.1 Å². The van der Waals surface area contributed by atoms with Crippen LogP contribution in [0.3, 0.4) is 0 Å². The molecular formula is C11H16N2O4. The molecule has 17 heavy (non-hydrogen) atoms. The van der Waals surface area contributed by atoms with E-state index in [9.17, 15) is 14.4 Å². The van der Waals surface area contributed by atoms with Crippen LogP contribution in [0.1, 0.15) is 25.7 Å². The predicted octanol–water partition coefficient (Wildman–Crippen LogP) is 0.0633. The highest BCUT2D eigenvalue weighted by Gasteiger charge is 2.43. The van der Waals surface area contributed by atoms with E-state index in [0.29, 0.717) is 6.42 Å². The molecule has 0 aliphatic carbocycles. The number of nitrogens with zero attached hydrogens (tertiary/aromatic N) is 1. The number of hydrogen-bond donors (Lipinski definition) is 1. The monoisotopic (exact) mass is 240 g/mol. The number of carbonyl (C=O) groups excluding carboxylic acids is 3. The van der Waals surface area contributed by atoms with Crippen molar-refractivity contribution in [3.05, 3.63) is 0 Å². The second kappa shape index (κ2) is 4.73. The molecular weight excluding hydrogens is 224 g/mol. The van der Waals surface area contributed by atoms with Crippen molar-refractivity contribution in [2.75, 3.05) is 7.11 Å². The molecule has 0 bridgehead atoms. The fourth-order valence-corrected chi connectivity index (χ4v) is 2.67. The smallest absolute Gasteiger partial charge is 0.407 e. The summed E-state index contributed by atoms with van der Waals surface area (Å²) in [4.78, 5) is 35.7. The Bertz CT molecular complexity index is 344. The summed E-state index contributed by atoms with van der Waals surface area (Å²) >= 11 is 0. The molecule has 2 heterocycles. The SMILES string of the molecule is COC(=O)N[C@H]1CC[C@@H]2CC[C@@H](C=O)N2C1=O. The summed E-state index contributed by atoms with van der Waals surface area (Å²) in [5, 5.41) is 2.51. The summed E-state index contributed by atoms with van der Waals surface area (Å²) in [6.07, 6.45) is 3.25. The standard InChI is InChI=1S/C11H16N2O4/c1-17-11(16)12-9-5-4-7-2-3-8(6-14)13(7)10(9)15/h6-9H,2-5H2,1H3,(H,12,16)/t7-,8-,9-/m0/s1. The molecule has 0 spiro atoms. The Morgan fingerprint density at radius 2 is 2.12 bits per heavy atom. The number of piperidine rings is 1. The molecule has 0 saturated carbocycles. The summed E-state index contributed by atoms with van der Waals surface area (Å²) in [7, 11) is 1.26. The van der Waals surface area contributed by atoms with Crippen LogP contribution in [0.5, 0.6) is 0 Å². The van der Waals surface area contributed by atoms with Crippen molar-refractivity contribution in [2.24, 2.45) is 0 Å². The molecule has 2 aliphatic rings. The summed E-state index contributed by atoms with van der Waals surface area (Å²) < 4.78 is 4.48. The number of methoxy groups -OCH3 is 1. The minimum atomic E-state index is -0.608. The normalized spacial score (nSPS) is 31.9. The lowest BCUT2D eigenvalue weighted by Crippen LogP contribution is -2.56. The Morgan fingerprint density at radius 3 is 2.76 bits per heavy atom. The van der Waals surface area contributed by atoms with Crippen LogP contribution in [0.25, 0.3) is 0 Å². The molecule has 6 heteroatoms. The topological polar surface area (TPSA) is 75.7 Å². The van der Waals surface area contributed by atoms with E-state index in [-0.39, 0.29) is 18.0 Å². The maximum absolute atomic E-state index is 12.1. The van der Waals surface area contributed by atoms with Crippen molar-refractivity contribution in [3.63, 3.8) is 0 Å². The molecule has 2 fully saturated rings. The quantitative estimate of drug-likeness (QED) is 0.693. The third-order valence-electron chi connectivity index (χ3n) is 3.52. The minimum Gasteiger partial charge on any atom is -0.453 e. The van der Waals surface area contributed by atoms with Gasteiger partial charge in [0.2, 0.25) is 5.91 Å². The summed E-state index contributed by atoms with van der Waals surface area (Å²) in [6, 6.07) is -0.720. The highest BCUT2D eigenvalue weighted by molar-refractivity contribution is 5.89. The van der Waals surface area contributed by atoms with Crippen LogP contribution in [0, 0.1) is 0 Å². The number of rotatable bonds is 2. The zero-order chi connectivity index (χ0) is 12.4. The maximum atomic E-state index is 12.1. The molecule has 1 N–H and O–H groups in total. The van der Waals surface area contributed by atoms with Gasteiger partial charge in [0.1, 0.15) is 12.3 Å². The van der Waals surface area contributed by atoms with E-state index >= 15 is 0 Å². The van der Waals surface area contributed by atoms with Gasteiger partial charge in [-0.25, -0.2) is 4.79 Å². The molecule has 2 rings (SSSR count). The minimum absolute atomic E-state index is 0.161. The van der Waals surface area contributed by atoms with Gasteiger partial charge in [-0.05, 0) is 25.7 Å². The Labute approximate surface area is 99.3 Å². The van der Waals surface area contributed by atoms with Crippen LogP contribution in [0.4, 0.5) is 4.79 Å². The number of hydrogen-bond acceptors (Lipinski definition) is 4. The van der Waals surface area contributed by atoms with Gasteiger partial charge >= 0.3 is 6.09 Å². The van der Waals surface area contributed by atoms with Gasteiger partial charge < -0.3 is 19.7 Å². The second-order valence-electron chi connectivity index (χ2n) is 4.45. The molecule has 2 aliphatic heterocycles. The molecule has 2 amide bonds. The summed E-state index contributed by atoms with van der Waals surface area (Å²) in [5.74, 6) is -0.166. The maximum Gasteiger partial charge on any atom is 0.407 e. The highest BCUT2D eigenvalue weighted by atomic mass is 16.5. The fraction of sp³-hybridized carbons (Fsp3) is 0.727. The van der Waals surface area contributed by atoms with Gasteiger partial charge in [-0.2, -0.15) is 0 Å². The number of amides is 2. The number of ether oxygens (including phenoxy) is 1. The van der Waals surface area contributed by atoms with E-state index in [0.717, 1.165) is 25.5 Å². The lowest BCUT2D eigenvalue weighted by Gasteiger charge is -2.36. The number of aldehydes is 1.